The third kappa shape index (κ3) is 3.49. The highest BCUT2D eigenvalue weighted by Crippen LogP contribution is 2.32. The number of sulfonamides is 1. The fourth-order valence-corrected chi connectivity index (χ4v) is 5.25. The Balaban J connectivity index is 2.34. The number of anilines is 1. The normalized spacial score (nSPS) is 11.5. The predicted molar refractivity (Wildman–Crippen MR) is 82.2 cm³/mol. The van der Waals surface area contributed by atoms with Gasteiger partial charge in [-0.25, -0.2) is 8.42 Å². The van der Waals surface area contributed by atoms with Crippen LogP contribution in [0.3, 0.4) is 0 Å². The highest BCUT2D eigenvalue weighted by atomic mass is 79.9. The molecule has 0 spiro atoms. The lowest BCUT2D eigenvalue weighted by molar-refractivity contribution is 0.601. The Bertz CT molecular complexity index is 700. The monoisotopic (exact) mass is 380 g/mol. The summed E-state index contributed by atoms with van der Waals surface area (Å²) in [6, 6.07) is 8.08. The average molecular weight is 382 g/mol. The maximum absolute atomic E-state index is 12.2. The van der Waals surface area contributed by atoms with Crippen molar-refractivity contribution in [2.45, 2.75) is 11.4 Å². The summed E-state index contributed by atoms with van der Waals surface area (Å²) in [5, 5.41) is 0.465. The maximum atomic E-state index is 12.2. The molecule has 4 nitrogen and oxygen atoms in total. The number of thiophene rings is 1. The lowest BCUT2D eigenvalue weighted by Crippen LogP contribution is -2.12. The molecule has 2 aromatic rings. The van der Waals surface area contributed by atoms with Crippen LogP contribution >= 0.6 is 38.9 Å². The van der Waals surface area contributed by atoms with E-state index in [1.165, 1.54) is 11.3 Å². The van der Waals surface area contributed by atoms with Crippen LogP contribution < -0.4 is 10.5 Å². The van der Waals surface area contributed by atoms with Gasteiger partial charge in [0.25, 0.3) is 10.0 Å². The van der Waals surface area contributed by atoms with Crippen molar-refractivity contribution < 1.29 is 8.42 Å². The number of nitrogens with one attached hydrogen (secondary N) is 1. The zero-order valence-corrected chi connectivity index (χ0v) is 13.5. The first-order valence-corrected chi connectivity index (χ1v) is 8.66. The molecule has 8 heteroatoms. The van der Waals surface area contributed by atoms with E-state index < -0.39 is 10.0 Å². The van der Waals surface area contributed by atoms with Crippen LogP contribution in [0.4, 0.5) is 5.69 Å². The lowest BCUT2D eigenvalue weighted by Gasteiger charge is -2.07. The molecule has 1 heterocycles. The number of hydrogen-bond donors (Lipinski definition) is 2. The zero-order valence-electron chi connectivity index (χ0n) is 9.56. The summed E-state index contributed by atoms with van der Waals surface area (Å²) in [5.74, 6) is 0. The first-order chi connectivity index (χ1) is 8.92. The van der Waals surface area contributed by atoms with Crippen LogP contribution in [0.2, 0.25) is 5.02 Å². The molecular weight excluding hydrogens is 372 g/mol. The second-order valence-corrected chi connectivity index (χ2v) is 8.21. The number of halogens is 2. The van der Waals surface area contributed by atoms with E-state index in [2.05, 4.69) is 20.7 Å². The minimum Gasteiger partial charge on any atom is -0.326 e. The van der Waals surface area contributed by atoms with Gasteiger partial charge in [-0.3, -0.25) is 4.72 Å². The molecular formula is C11H10BrClN2O2S2. The molecule has 0 saturated carbocycles. The van der Waals surface area contributed by atoms with Crippen LogP contribution in [0.5, 0.6) is 0 Å². The molecule has 0 fully saturated rings. The van der Waals surface area contributed by atoms with Gasteiger partial charge < -0.3 is 5.73 Å². The summed E-state index contributed by atoms with van der Waals surface area (Å²) >= 11 is 10.4. The molecule has 1 aromatic carbocycles. The van der Waals surface area contributed by atoms with Crippen molar-refractivity contribution in [3.05, 3.63) is 44.0 Å². The summed E-state index contributed by atoms with van der Waals surface area (Å²) in [4.78, 5) is 0.969. The Morgan fingerprint density at radius 3 is 2.68 bits per heavy atom. The topological polar surface area (TPSA) is 72.2 Å². The molecule has 0 atom stereocenters. The van der Waals surface area contributed by atoms with Crippen molar-refractivity contribution in [3.8, 4) is 0 Å². The van der Waals surface area contributed by atoms with E-state index in [0.29, 0.717) is 21.0 Å². The highest BCUT2D eigenvalue weighted by Gasteiger charge is 2.20. The summed E-state index contributed by atoms with van der Waals surface area (Å²) < 4.78 is 27.5. The summed E-state index contributed by atoms with van der Waals surface area (Å²) in [6.45, 7) is 0.302. The van der Waals surface area contributed by atoms with Crippen molar-refractivity contribution in [3.63, 3.8) is 0 Å². The maximum Gasteiger partial charge on any atom is 0.263 e. The summed E-state index contributed by atoms with van der Waals surface area (Å²) in [6.07, 6.45) is 0. The van der Waals surface area contributed by atoms with Crippen LogP contribution in [0.1, 0.15) is 4.88 Å². The predicted octanol–water partition coefficient (Wildman–Crippen LogP) is 3.42. The van der Waals surface area contributed by atoms with Gasteiger partial charge >= 0.3 is 0 Å². The molecule has 0 radical (unpaired) electrons. The van der Waals surface area contributed by atoms with E-state index in [1.54, 1.807) is 30.3 Å². The number of nitrogens with two attached hydrogens (primary N) is 1. The van der Waals surface area contributed by atoms with E-state index in [1.807, 2.05) is 0 Å². The van der Waals surface area contributed by atoms with E-state index in [0.717, 1.165) is 4.88 Å². The van der Waals surface area contributed by atoms with E-state index in [4.69, 9.17) is 17.3 Å². The fraction of sp³-hybridized carbons (Fsp3) is 0.0909. The molecule has 0 unspecified atom stereocenters. The van der Waals surface area contributed by atoms with Crippen molar-refractivity contribution >= 4 is 54.6 Å². The molecule has 0 aliphatic heterocycles. The van der Waals surface area contributed by atoms with E-state index in [-0.39, 0.29) is 4.90 Å². The standard InChI is InChI=1S/C11H10BrClN2O2S2/c12-11-10(5-9(6-14)18-11)19(16,17)15-8-3-1-2-7(13)4-8/h1-5,15H,6,14H2. The molecule has 0 bridgehead atoms. The molecule has 0 saturated heterocycles. The summed E-state index contributed by atoms with van der Waals surface area (Å²) in [7, 11) is -3.65. The number of benzene rings is 1. The Morgan fingerprint density at radius 2 is 2.11 bits per heavy atom. The third-order valence-corrected chi connectivity index (χ3v) is 6.16. The Labute approximate surface area is 128 Å². The highest BCUT2D eigenvalue weighted by molar-refractivity contribution is 9.11. The van der Waals surface area contributed by atoms with Gasteiger partial charge in [0.05, 0.1) is 9.47 Å². The quantitative estimate of drug-likeness (QED) is 0.852. The van der Waals surface area contributed by atoms with Gasteiger partial charge in [-0.1, -0.05) is 17.7 Å². The smallest absolute Gasteiger partial charge is 0.263 e. The second-order valence-electron chi connectivity index (χ2n) is 3.67. The first kappa shape index (κ1) is 14.8. The van der Waals surface area contributed by atoms with Gasteiger partial charge in [0, 0.05) is 16.4 Å². The van der Waals surface area contributed by atoms with Gasteiger partial charge in [0.2, 0.25) is 0 Å². The van der Waals surface area contributed by atoms with Crippen LogP contribution in [0.25, 0.3) is 0 Å². The first-order valence-electron chi connectivity index (χ1n) is 5.19. The average Bonchev–Trinajstić information content (AvgIpc) is 2.71. The molecule has 102 valence electrons. The minimum absolute atomic E-state index is 0.179. The van der Waals surface area contributed by atoms with Crippen LogP contribution in [-0.4, -0.2) is 8.42 Å². The van der Waals surface area contributed by atoms with Crippen molar-refractivity contribution in [2.75, 3.05) is 4.72 Å². The van der Waals surface area contributed by atoms with E-state index >= 15 is 0 Å². The molecule has 0 aliphatic rings. The van der Waals surface area contributed by atoms with Crippen molar-refractivity contribution in [2.24, 2.45) is 5.73 Å². The minimum atomic E-state index is -3.65. The zero-order chi connectivity index (χ0) is 14.0. The van der Waals surface area contributed by atoms with Crippen molar-refractivity contribution in [1.82, 2.24) is 0 Å². The Kier molecular flexibility index (Phi) is 4.52. The molecule has 2 rings (SSSR count). The fourth-order valence-electron chi connectivity index (χ4n) is 1.44. The van der Waals surface area contributed by atoms with Gasteiger partial charge in [-0.15, -0.1) is 11.3 Å². The Morgan fingerprint density at radius 1 is 1.37 bits per heavy atom. The number of rotatable bonds is 4. The molecule has 0 amide bonds. The third-order valence-electron chi connectivity index (χ3n) is 2.27. The van der Waals surface area contributed by atoms with Gasteiger partial charge in [-0.05, 0) is 40.2 Å². The molecule has 3 N–H and O–H groups in total. The largest absolute Gasteiger partial charge is 0.326 e. The van der Waals surface area contributed by atoms with Crippen LogP contribution in [0.15, 0.2) is 39.0 Å². The number of hydrogen-bond acceptors (Lipinski definition) is 4. The van der Waals surface area contributed by atoms with Gasteiger partial charge in [-0.2, -0.15) is 0 Å². The SMILES string of the molecule is NCc1cc(S(=O)(=O)Nc2cccc(Cl)c2)c(Br)s1. The van der Waals surface area contributed by atoms with Crippen LogP contribution in [-0.2, 0) is 16.6 Å². The lowest BCUT2D eigenvalue weighted by atomic mass is 10.3. The van der Waals surface area contributed by atoms with Gasteiger partial charge in [0.1, 0.15) is 4.90 Å². The van der Waals surface area contributed by atoms with Crippen molar-refractivity contribution in [1.29, 1.82) is 0 Å². The molecule has 1 aromatic heterocycles. The summed E-state index contributed by atoms with van der Waals surface area (Å²) in [5.41, 5.74) is 5.92. The van der Waals surface area contributed by atoms with Gasteiger partial charge in [0.15, 0.2) is 0 Å². The van der Waals surface area contributed by atoms with Crippen LogP contribution in [0, 0.1) is 0 Å². The Hall–Kier alpha value is -0.600. The molecule has 0 aliphatic carbocycles. The van der Waals surface area contributed by atoms with E-state index in [9.17, 15) is 8.42 Å². The second kappa shape index (κ2) is 5.80. The molecule has 19 heavy (non-hydrogen) atoms.